The van der Waals surface area contributed by atoms with Gasteiger partial charge in [-0.2, -0.15) is 0 Å². The van der Waals surface area contributed by atoms with E-state index in [-0.39, 0.29) is 6.29 Å². The maximum Gasteiger partial charge on any atom is 0.202 e. The first-order chi connectivity index (χ1) is 17.0. The van der Waals surface area contributed by atoms with Crippen LogP contribution in [0.4, 0.5) is 0 Å². The average Bonchev–Trinajstić information content (AvgIpc) is 2.88. The molecule has 3 rings (SSSR count). The van der Waals surface area contributed by atoms with Gasteiger partial charge in [0.15, 0.2) is 11.5 Å². The number of unbranched alkanes of at least 4 members (excludes halogenated alkanes) is 6. The van der Waals surface area contributed by atoms with E-state index in [0.717, 1.165) is 40.2 Å². The highest BCUT2D eigenvalue weighted by Crippen LogP contribution is 2.36. The van der Waals surface area contributed by atoms with Gasteiger partial charge in [-0.3, -0.25) is 0 Å². The highest BCUT2D eigenvalue weighted by atomic mass is 16.7. The molecule has 0 bridgehead atoms. The predicted octanol–water partition coefficient (Wildman–Crippen LogP) is 7.90. The van der Waals surface area contributed by atoms with E-state index in [0.29, 0.717) is 24.0 Å². The van der Waals surface area contributed by atoms with Crippen LogP contribution >= 0.6 is 0 Å². The van der Waals surface area contributed by atoms with Crippen molar-refractivity contribution in [1.82, 2.24) is 4.98 Å². The van der Waals surface area contributed by atoms with Gasteiger partial charge in [-0.1, -0.05) is 70.9 Å². The van der Waals surface area contributed by atoms with Crippen molar-refractivity contribution in [3.8, 4) is 17.2 Å². The van der Waals surface area contributed by atoms with Gasteiger partial charge >= 0.3 is 0 Å². The number of aromatic nitrogens is 1. The molecule has 0 fully saturated rings. The normalized spacial score (nSPS) is 16.1. The fourth-order valence-electron chi connectivity index (χ4n) is 4.64. The second-order valence-corrected chi connectivity index (χ2v) is 9.65. The number of pyridine rings is 1. The summed E-state index contributed by atoms with van der Waals surface area (Å²) in [5, 5.41) is 0. The summed E-state index contributed by atoms with van der Waals surface area (Å²) in [6, 6.07) is 5.87. The van der Waals surface area contributed by atoms with Gasteiger partial charge in [0.2, 0.25) is 6.29 Å². The molecule has 2 atom stereocenters. The summed E-state index contributed by atoms with van der Waals surface area (Å²) in [4.78, 5) is 4.86. The molecule has 2 aromatic rings. The van der Waals surface area contributed by atoms with E-state index in [9.17, 15) is 0 Å². The van der Waals surface area contributed by atoms with Crippen molar-refractivity contribution in [2.45, 2.75) is 92.0 Å². The van der Waals surface area contributed by atoms with Crippen LogP contribution in [0.25, 0.3) is 12.2 Å². The summed E-state index contributed by atoms with van der Waals surface area (Å²) < 4.78 is 23.3. The molecule has 0 amide bonds. The topological polar surface area (TPSA) is 49.8 Å². The van der Waals surface area contributed by atoms with Crippen LogP contribution in [0.2, 0.25) is 0 Å². The Labute approximate surface area is 211 Å². The van der Waals surface area contributed by atoms with Crippen LogP contribution in [0.3, 0.4) is 0 Å². The molecular formula is C30H43NO4. The summed E-state index contributed by atoms with van der Waals surface area (Å²) >= 11 is 0. The fraction of sp³-hybridized carbons (Fsp3) is 0.567. The standard InChI is InChI=1S/C30H43NO4/c1-7-8-9-10-11-12-13-14-21(2)30-34-20-25-22(3)26(31-23(4)29(25)35-30)17-15-24-16-18-27(32-5)28(19-24)33-6/h15-19,21,30H,7-14,20H2,1-6H3/b17-15+. The minimum absolute atomic E-state index is 0.198. The molecule has 0 aliphatic carbocycles. The number of hydrogen-bond acceptors (Lipinski definition) is 5. The number of fused-ring (bicyclic) bond motifs is 1. The van der Waals surface area contributed by atoms with Crippen LogP contribution in [-0.4, -0.2) is 25.5 Å². The Morgan fingerprint density at radius 2 is 1.71 bits per heavy atom. The molecule has 0 saturated carbocycles. The van der Waals surface area contributed by atoms with Crippen molar-refractivity contribution in [1.29, 1.82) is 0 Å². The lowest BCUT2D eigenvalue weighted by Gasteiger charge is -2.32. The molecule has 5 heteroatoms. The first kappa shape index (κ1) is 27.1. The van der Waals surface area contributed by atoms with Crippen LogP contribution in [0.5, 0.6) is 17.2 Å². The fourth-order valence-corrected chi connectivity index (χ4v) is 4.64. The number of nitrogens with zero attached hydrogens (tertiary/aromatic N) is 1. The van der Waals surface area contributed by atoms with E-state index in [1.54, 1.807) is 14.2 Å². The van der Waals surface area contributed by atoms with Gasteiger partial charge < -0.3 is 18.9 Å². The minimum atomic E-state index is -0.198. The molecule has 5 nitrogen and oxygen atoms in total. The number of benzene rings is 1. The van der Waals surface area contributed by atoms with Gasteiger partial charge in [0.05, 0.1) is 32.2 Å². The highest BCUT2D eigenvalue weighted by Gasteiger charge is 2.28. The molecule has 2 unspecified atom stereocenters. The van der Waals surface area contributed by atoms with Gasteiger partial charge in [0.25, 0.3) is 0 Å². The van der Waals surface area contributed by atoms with Crippen molar-refractivity contribution in [2.75, 3.05) is 14.2 Å². The molecular weight excluding hydrogens is 438 g/mol. The Morgan fingerprint density at radius 3 is 2.43 bits per heavy atom. The van der Waals surface area contributed by atoms with Gasteiger partial charge in [-0.15, -0.1) is 0 Å². The highest BCUT2D eigenvalue weighted by molar-refractivity contribution is 5.72. The molecule has 192 valence electrons. The molecule has 2 heterocycles. The number of methoxy groups -OCH3 is 2. The van der Waals surface area contributed by atoms with E-state index in [4.69, 9.17) is 23.9 Å². The van der Waals surface area contributed by atoms with Gasteiger partial charge in [-0.05, 0) is 49.6 Å². The van der Waals surface area contributed by atoms with E-state index < -0.39 is 0 Å². The van der Waals surface area contributed by atoms with E-state index in [1.807, 2.05) is 37.3 Å². The molecule has 35 heavy (non-hydrogen) atoms. The molecule has 0 saturated heterocycles. The minimum Gasteiger partial charge on any atom is -0.493 e. The zero-order valence-electron chi connectivity index (χ0n) is 22.5. The third-order valence-electron chi connectivity index (χ3n) is 6.92. The average molecular weight is 482 g/mol. The lowest BCUT2D eigenvalue weighted by molar-refractivity contribution is -0.138. The second kappa shape index (κ2) is 13.5. The van der Waals surface area contributed by atoms with Crippen molar-refractivity contribution < 1.29 is 18.9 Å². The number of rotatable bonds is 13. The summed E-state index contributed by atoms with van der Waals surface area (Å²) in [5.74, 6) is 2.68. The quantitative estimate of drug-likeness (QED) is 0.272. The van der Waals surface area contributed by atoms with Crippen molar-refractivity contribution in [2.24, 2.45) is 5.92 Å². The Hall–Kier alpha value is -2.53. The Balaban J connectivity index is 1.62. The van der Waals surface area contributed by atoms with Crippen LogP contribution in [-0.2, 0) is 11.3 Å². The third kappa shape index (κ3) is 7.23. The number of aryl methyl sites for hydroxylation is 1. The SMILES string of the molecule is CCCCCCCCCC(C)C1OCc2c(C)c(/C=C/c3ccc(OC)c(OC)c3)nc(C)c2O1. The largest absolute Gasteiger partial charge is 0.493 e. The van der Waals surface area contributed by atoms with E-state index >= 15 is 0 Å². The molecule has 0 radical (unpaired) electrons. The number of hydrogen-bond donors (Lipinski definition) is 0. The smallest absolute Gasteiger partial charge is 0.202 e. The Morgan fingerprint density at radius 1 is 1.00 bits per heavy atom. The summed E-state index contributed by atoms with van der Waals surface area (Å²) in [6.45, 7) is 9.18. The molecule has 1 aromatic carbocycles. The zero-order valence-corrected chi connectivity index (χ0v) is 22.5. The Bertz CT molecular complexity index is 985. The van der Waals surface area contributed by atoms with Crippen LogP contribution in [0.1, 0.15) is 93.3 Å². The molecule has 1 aromatic heterocycles. The Kier molecular flexibility index (Phi) is 10.5. The monoisotopic (exact) mass is 481 g/mol. The van der Waals surface area contributed by atoms with Gasteiger partial charge in [-0.25, -0.2) is 4.98 Å². The van der Waals surface area contributed by atoms with E-state index in [2.05, 4.69) is 20.8 Å². The molecule has 0 N–H and O–H groups in total. The van der Waals surface area contributed by atoms with Crippen molar-refractivity contribution in [3.05, 3.63) is 46.3 Å². The lowest BCUT2D eigenvalue weighted by atomic mass is 9.99. The zero-order chi connectivity index (χ0) is 25.2. The lowest BCUT2D eigenvalue weighted by Crippen LogP contribution is -2.33. The van der Waals surface area contributed by atoms with Crippen LogP contribution in [0.15, 0.2) is 18.2 Å². The summed E-state index contributed by atoms with van der Waals surface area (Å²) in [6.07, 6.45) is 14.3. The maximum absolute atomic E-state index is 6.35. The van der Waals surface area contributed by atoms with E-state index in [1.165, 1.54) is 44.9 Å². The summed E-state index contributed by atoms with van der Waals surface area (Å²) in [7, 11) is 3.29. The first-order valence-electron chi connectivity index (χ1n) is 13.2. The van der Waals surface area contributed by atoms with Crippen LogP contribution < -0.4 is 14.2 Å². The third-order valence-corrected chi connectivity index (χ3v) is 6.92. The predicted molar refractivity (Wildman–Crippen MR) is 143 cm³/mol. The van der Waals surface area contributed by atoms with Crippen molar-refractivity contribution >= 4 is 12.2 Å². The second-order valence-electron chi connectivity index (χ2n) is 9.65. The molecule has 1 aliphatic rings. The maximum atomic E-state index is 6.35. The number of ether oxygens (including phenoxy) is 4. The molecule has 1 aliphatic heterocycles. The van der Waals surface area contributed by atoms with Crippen molar-refractivity contribution in [3.63, 3.8) is 0 Å². The van der Waals surface area contributed by atoms with Crippen LogP contribution in [0, 0.1) is 19.8 Å². The summed E-state index contributed by atoms with van der Waals surface area (Å²) in [5.41, 5.74) is 5.06. The van der Waals surface area contributed by atoms with Gasteiger partial charge in [0, 0.05) is 11.5 Å². The van der Waals surface area contributed by atoms with Gasteiger partial charge in [0.1, 0.15) is 5.75 Å². The first-order valence-corrected chi connectivity index (χ1v) is 13.2. The molecule has 0 spiro atoms.